The van der Waals surface area contributed by atoms with E-state index < -0.39 is 6.10 Å². The lowest BCUT2D eigenvalue weighted by atomic mass is 9.68. The molecule has 5 nitrogen and oxygen atoms in total. The van der Waals surface area contributed by atoms with Crippen molar-refractivity contribution in [2.45, 2.75) is 43.4 Å². The van der Waals surface area contributed by atoms with Crippen LogP contribution in [0.15, 0.2) is 18.2 Å². The summed E-state index contributed by atoms with van der Waals surface area (Å²) < 4.78 is 11.9. The van der Waals surface area contributed by atoms with Gasteiger partial charge < -0.3 is 14.6 Å². The Morgan fingerprint density at radius 1 is 1.50 bits per heavy atom. The summed E-state index contributed by atoms with van der Waals surface area (Å²) in [4.78, 5) is 2.11. The predicted molar refractivity (Wildman–Crippen MR) is 89.2 cm³/mol. The van der Waals surface area contributed by atoms with E-state index in [1.165, 1.54) is 0 Å². The van der Waals surface area contributed by atoms with Crippen LogP contribution >= 0.6 is 0 Å². The van der Waals surface area contributed by atoms with Crippen molar-refractivity contribution >= 4 is 0 Å². The molecule has 1 spiro atoms. The molecule has 5 heteroatoms. The number of aryl methyl sites for hydroxylation is 1. The average molecular weight is 326 g/mol. The molecular weight excluding hydrogens is 304 g/mol. The van der Waals surface area contributed by atoms with E-state index in [1.807, 2.05) is 26.1 Å². The van der Waals surface area contributed by atoms with Crippen molar-refractivity contribution < 1.29 is 14.6 Å². The third-order valence-electron chi connectivity index (χ3n) is 5.80. The van der Waals surface area contributed by atoms with Crippen molar-refractivity contribution in [2.24, 2.45) is 0 Å². The lowest BCUT2D eigenvalue weighted by Gasteiger charge is -2.35. The summed E-state index contributed by atoms with van der Waals surface area (Å²) >= 11 is 0. The number of benzene rings is 1. The Bertz CT molecular complexity index is 767. The summed E-state index contributed by atoms with van der Waals surface area (Å²) in [5, 5.41) is 19.9. The smallest absolute Gasteiger partial charge is 0.166 e. The van der Waals surface area contributed by atoms with E-state index in [4.69, 9.17) is 9.47 Å². The van der Waals surface area contributed by atoms with Gasteiger partial charge in [0, 0.05) is 18.5 Å². The minimum atomic E-state index is -0.488. The molecule has 126 valence electrons. The second-order valence-electron chi connectivity index (χ2n) is 7.08. The predicted octanol–water partition coefficient (Wildman–Crippen LogP) is 2.22. The van der Waals surface area contributed by atoms with Crippen LogP contribution in [0.25, 0.3) is 0 Å². The van der Waals surface area contributed by atoms with Gasteiger partial charge in [0.1, 0.15) is 12.1 Å². The molecule has 0 saturated heterocycles. The standard InChI is InChI=1S/C19H22N2O3/c1-11-8-14(23-3)18-17-16(11)13(10-20)21(2)7-6-19(17)5-4-12(22)9-15(19)24-18/h4-5,8,12-13,15,22H,6-7,9H2,1-3H3/t12?,13-,15+,19?/m0/s1. The normalized spacial score (nSPS) is 33.9. The molecule has 4 atom stereocenters. The SMILES string of the molecule is COc1cc(C)c2c3c1O[C@@H]1CC(O)C=CC31CCN(C)[C@H]2C#N. The van der Waals surface area contributed by atoms with Crippen LogP contribution in [0.4, 0.5) is 0 Å². The van der Waals surface area contributed by atoms with Crippen molar-refractivity contribution in [3.05, 3.63) is 34.9 Å². The Morgan fingerprint density at radius 2 is 2.29 bits per heavy atom. The van der Waals surface area contributed by atoms with Gasteiger partial charge in [0.15, 0.2) is 11.5 Å². The molecule has 3 aliphatic rings. The zero-order valence-corrected chi connectivity index (χ0v) is 14.2. The van der Waals surface area contributed by atoms with E-state index in [1.54, 1.807) is 7.11 Å². The van der Waals surface area contributed by atoms with Crippen LogP contribution in [0.5, 0.6) is 11.5 Å². The largest absolute Gasteiger partial charge is 0.493 e. The highest BCUT2D eigenvalue weighted by atomic mass is 16.5. The highest BCUT2D eigenvalue weighted by molar-refractivity contribution is 5.64. The fourth-order valence-corrected chi connectivity index (χ4v) is 4.55. The van der Waals surface area contributed by atoms with E-state index in [2.05, 4.69) is 17.0 Å². The molecule has 0 saturated carbocycles. The number of rotatable bonds is 1. The number of ether oxygens (including phenoxy) is 2. The monoisotopic (exact) mass is 326 g/mol. The van der Waals surface area contributed by atoms with Crippen molar-refractivity contribution in [1.29, 1.82) is 5.26 Å². The van der Waals surface area contributed by atoms with Gasteiger partial charge in [-0.25, -0.2) is 0 Å². The Balaban J connectivity index is 2.05. The minimum absolute atomic E-state index is 0.118. The average Bonchev–Trinajstić information content (AvgIpc) is 2.82. The first-order valence-corrected chi connectivity index (χ1v) is 8.37. The highest BCUT2D eigenvalue weighted by Gasteiger charge is 2.54. The maximum absolute atomic E-state index is 10.1. The molecule has 4 rings (SSSR count). The third-order valence-corrected chi connectivity index (χ3v) is 5.80. The maximum Gasteiger partial charge on any atom is 0.166 e. The minimum Gasteiger partial charge on any atom is -0.493 e. The molecule has 1 aromatic carbocycles. The Labute approximate surface area is 142 Å². The van der Waals surface area contributed by atoms with Crippen LogP contribution in [0, 0.1) is 18.3 Å². The lowest BCUT2D eigenvalue weighted by Crippen LogP contribution is -2.42. The summed E-state index contributed by atoms with van der Waals surface area (Å²) in [6, 6.07) is 4.12. The van der Waals surface area contributed by atoms with Crippen LogP contribution < -0.4 is 9.47 Å². The number of hydrogen-bond acceptors (Lipinski definition) is 5. The first kappa shape index (κ1) is 15.5. The van der Waals surface area contributed by atoms with Gasteiger partial charge in [-0.1, -0.05) is 12.2 Å². The van der Waals surface area contributed by atoms with Crippen LogP contribution in [-0.2, 0) is 5.41 Å². The fraction of sp³-hybridized carbons (Fsp3) is 0.526. The molecule has 0 fully saturated rings. The van der Waals surface area contributed by atoms with Gasteiger partial charge in [-0.2, -0.15) is 5.26 Å². The summed E-state index contributed by atoms with van der Waals surface area (Å²) in [5.74, 6) is 1.46. The molecule has 1 aliphatic carbocycles. The molecule has 24 heavy (non-hydrogen) atoms. The van der Waals surface area contributed by atoms with E-state index in [0.717, 1.165) is 35.4 Å². The fourth-order valence-electron chi connectivity index (χ4n) is 4.55. The number of hydrogen-bond donors (Lipinski definition) is 1. The number of nitriles is 1. The Hall–Kier alpha value is -2.03. The molecule has 1 aromatic rings. The van der Waals surface area contributed by atoms with E-state index in [0.29, 0.717) is 12.2 Å². The number of methoxy groups -OCH3 is 1. The molecule has 0 radical (unpaired) electrons. The van der Waals surface area contributed by atoms with Crippen LogP contribution in [0.3, 0.4) is 0 Å². The van der Waals surface area contributed by atoms with Gasteiger partial charge in [-0.05, 0) is 37.6 Å². The number of nitrogens with zero attached hydrogens (tertiary/aromatic N) is 2. The van der Waals surface area contributed by atoms with Gasteiger partial charge >= 0.3 is 0 Å². The van der Waals surface area contributed by atoms with Crippen LogP contribution in [0.2, 0.25) is 0 Å². The topological polar surface area (TPSA) is 65.7 Å². The summed E-state index contributed by atoms with van der Waals surface area (Å²) in [5.41, 5.74) is 2.89. The highest BCUT2D eigenvalue weighted by Crippen LogP contribution is 2.57. The number of aliphatic hydroxyl groups excluding tert-OH is 1. The summed E-state index contributed by atoms with van der Waals surface area (Å²) in [6.07, 6.45) is 4.80. The summed E-state index contributed by atoms with van der Waals surface area (Å²) in [7, 11) is 3.64. The second-order valence-corrected chi connectivity index (χ2v) is 7.08. The maximum atomic E-state index is 10.1. The van der Waals surface area contributed by atoms with Gasteiger partial charge in [0.05, 0.1) is 24.7 Å². The molecule has 1 N–H and O–H groups in total. The second kappa shape index (κ2) is 5.23. The van der Waals surface area contributed by atoms with E-state index >= 15 is 0 Å². The zero-order chi connectivity index (χ0) is 17.1. The summed E-state index contributed by atoms with van der Waals surface area (Å²) in [6.45, 7) is 2.83. The van der Waals surface area contributed by atoms with E-state index in [-0.39, 0.29) is 17.6 Å². The van der Waals surface area contributed by atoms with Crippen molar-refractivity contribution in [2.75, 3.05) is 20.7 Å². The molecule has 2 aliphatic heterocycles. The van der Waals surface area contributed by atoms with Crippen molar-refractivity contribution in [3.8, 4) is 17.6 Å². The van der Waals surface area contributed by atoms with Crippen LogP contribution in [-0.4, -0.2) is 42.9 Å². The Kier molecular flexibility index (Phi) is 3.38. The van der Waals surface area contributed by atoms with Gasteiger partial charge in [0.25, 0.3) is 0 Å². The van der Waals surface area contributed by atoms with Crippen LogP contribution in [0.1, 0.15) is 35.6 Å². The first-order valence-electron chi connectivity index (χ1n) is 8.37. The lowest BCUT2D eigenvalue weighted by molar-refractivity contribution is 0.0817. The first-order chi connectivity index (χ1) is 11.5. The molecule has 0 bridgehead atoms. The molecular formula is C19H22N2O3. The molecule has 2 unspecified atom stereocenters. The quantitative estimate of drug-likeness (QED) is 0.802. The molecule has 2 heterocycles. The van der Waals surface area contributed by atoms with Crippen molar-refractivity contribution in [1.82, 2.24) is 4.90 Å². The zero-order valence-electron chi connectivity index (χ0n) is 14.2. The Morgan fingerprint density at radius 3 is 3.00 bits per heavy atom. The number of aliphatic hydroxyl groups is 1. The van der Waals surface area contributed by atoms with Gasteiger partial charge in [0.2, 0.25) is 0 Å². The molecule has 0 aromatic heterocycles. The van der Waals surface area contributed by atoms with Gasteiger partial charge in [-0.15, -0.1) is 0 Å². The molecule has 0 amide bonds. The third kappa shape index (κ3) is 1.87. The van der Waals surface area contributed by atoms with E-state index in [9.17, 15) is 10.4 Å². The van der Waals surface area contributed by atoms with Gasteiger partial charge in [-0.3, -0.25) is 4.90 Å². The van der Waals surface area contributed by atoms with Crippen molar-refractivity contribution in [3.63, 3.8) is 0 Å².